The zero-order chi connectivity index (χ0) is 17.9. The number of rotatable bonds is 5. The number of halogens is 3. The number of likely N-dealkylation sites (N-methyl/N-ethyl adjacent to an activating group) is 1. The van der Waals surface area contributed by atoms with Crippen molar-refractivity contribution in [2.45, 2.75) is 12.2 Å². The highest BCUT2D eigenvalue weighted by Gasteiger charge is 2.33. The van der Waals surface area contributed by atoms with Crippen LogP contribution in [-0.4, -0.2) is 35.3 Å². The number of nitrogens with zero attached hydrogens (tertiary/aromatic N) is 4. The van der Waals surface area contributed by atoms with Gasteiger partial charge in [0.25, 0.3) is 0 Å². The maximum absolute atomic E-state index is 12.8. The summed E-state index contributed by atoms with van der Waals surface area (Å²) in [5.41, 5.74) is 0.139. The highest BCUT2D eigenvalue weighted by Crippen LogP contribution is 2.33. The van der Waals surface area contributed by atoms with E-state index < -0.39 is 17.3 Å². The number of alkyl halides is 3. The Hall–Kier alpha value is -2.53. The monoisotopic (exact) mass is 337 g/mol. The normalized spacial score (nSPS) is 12.9. The number of hydrogen-bond acceptors (Lipinski definition) is 4. The lowest BCUT2D eigenvalue weighted by Crippen LogP contribution is -2.26. The van der Waals surface area contributed by atoms with Crippen molar-refractivity contribution in [1.29, 1.82) is 5.26 Å². The first-order chi connectivity index (χ1) is 11.2. The first-order valence-corrected chi connectivity index (χ1v) is 7.22. The first kappa shape index (κ1) is 17.8. The van der Waals surface area contributed by atoms with E-state index in [9.17, 15) is 13.2 Å². The van der Waals surface area contributed by atoms with E-state index in [1.807, 2.05) is 32.2 Å². The minimum atomic E-state index is -4.54. The van der Waals surface area contributed by atoms with Crippen molar-refractivity contribution < 1.29 is 13.2 Å². The predicted molar refractivity (Wildman–Crippen MR) is 84.3 cm³/mol. The summed E-state index contributed by atoms with van der Waals surface area (Å²) in [6.07, 6.45) is -0.898. The molecular formula is C16H18F3N5. The van der Waals surface area contributed by atoms with Crippen LogP contribution in [0.2, 0.25) is 0 Å². The molecule has 2 rings (SSSR count). The second-order valence-electron chi connectivity index (χ2n) is 5.68. The summed E-state index contributed by atoms with van der Waals surface area (Å²) >= 11 is 0. The van der Waals surface area contributed by atoms with Gasteiger partial charge in [0.05, 0.1) is 29.4 Å². The Morgan fingerprint density at radius 3 is 2.58 bits per heavy atom. The number of aryl methyl sites for hydroxylation is 1. The third kappa shape index (κ3) is 4.06. The van der Waals surface area contributed by atoms with E-state index in [1.165, 1.54) is 12.1 Å². The van der Waals surface area contributed by atoms with Crippen molar-refractivity contribution in [3.05, 3.63) is 47.3 Å². The lowest BCUT2D eigenvalue weighted by Gasteiger charge is -2.24. The number of nitrogens with one attached hydrogen (secondary N) is 1. The molecule has 0 bridgehead atoms. The average Bonchev–Trinajstić information content (AvgIpc) is 2.92. The summed E-state index contributed by atoms with van der Waals surface area (Å²) in [6.45, 7) is 0.467. The van der Waals surface area contributed by atoms with Crippen LogP contribution in [0.4, 0.5) is 18.9 Å². The maximum Gasteiger partial charge on any atom is 0.417 e. The van der Waals surface area contributed by atoms with E-state index in [-0.39, 0.29) is 6.04 Å². The summed E-state index contributed by atoms with van der Waals surface area (Å²) < 4.78 is 40.2. The molecule has 5 nitrogen and oxygen atoms in total. The summed E-state index contributed by atoms with van der Waals surface area (Å²) in [5, 5.41) is 16.2. The molecule has 1 atom stereocenters. The van der Waals surface area contributed by atoms with Crippen LogP contribution in [0.15, 0.2) is 30.6 Å². The largest absolute Gasteiger partial charge is 0.417 e. The molecule has 0 aliphatic heterocycles. The molecule has 0 spiro atoms. The van der Waals surface area contributed by atoms with Gasteiger partial charge in [0.2, 0.25) is 0 Å². The van der Waals surface area contributed by atoms with E-state index in [0.717, 1.165) is 11.6 Å². The maximum atomic E-state index is 12.8. The van der Waals surface area contributed by atoms with E-state index in [2.05, 4.69) is 10.4 Å². The molecule has 0 saturated carbocycles. The van der Waals surface area contributed by atoms with E-state index in [0.29, 0.717) is 12.2 Å². The van der Waals surface area contributed by atoms with Crippen molar-refractivity contribution in [2.24, 2.45) is 7.05 Å². The topological polar surface area (TPSA) is 56.9 Å². The third-order valence-electron chi connectivity index (χ3n) is 3.68. The molecule has 0 fully saturated rings. The lowest BCUT2D eigenvalue weighted by atomic mass is 10.1. The van der Waals surface area contributed by atoms with E-state index >= 15 is 0 Å². The van der Waals surface area contributed by atoms with Crippen molar-refractivity contribution in [3.8, 4) is 6.07 Å². The molecule has 0 aliphatic rings. The van der Waals surface area contributed by atoms with Crippen molar-refractivity contribution in [2.75, 3.05) is 26.0 Å². The van der Waals surface area contributed by atoms with Crippen molar-refractivity contribution in [1.82, 2.24) is 14.7 Å². The number of anilines is 1. The summed E-state index contributed by atoms with van der Waals surface area (Å²) in [4.78, 5) is 1.99. The third-order valence-corrected chi connectivity index (χ3v) is 3.68. The summed E-state index contributed by atoms with van der Waals surface area (Å²) in [5.74, 6) is 0. The summed E-state index contributed by atoms with van der Waals surface area (Å²) in [6, 6.07) is 5.08. The molecular weight excluding hydrogens is 319 g/mol. The van der Waals surface area contributed by atoms with Crippen LogP contribution >= 0.6 is 0 Å². The van der Waals surface area contributed by atoms with Crippen LogP contribution in [0, 0.1) is 11.3 Å². The fourth-order valence-corrected chi connectivity index (χ4v) is 2.42. The standard InChI is InChI=1S/C16H18F3N5/c1-23(2)15(12-8-22-24(3)10-12)9-21-13-4-5-14(16(17,18)19)11(6-13)7-20/h4-6,8,10,15,21H,9H2,1-3H3. The molecule has 0 radical (unpaired) electrons. The van der Waals surface area contributed by atoms with Crippen LogP contribution in [-0.2, 0) is 13.2 Å². The Kier molecular flexibility index (Phi) is 5.14. The van der Waals surface area contributed by atoms with Crippen LogP contribution in [0.3, 0.4) is 0 Å². The van der Waals surface area contributed by atoms with Gasteiger partial charge in [-0.1, -0.05) is 0 Å². The van der Waals surface area contributed by atoms with Gasteiger partial charge in [-0.2, -0.15) is 23.5 Å². The number of hydrogen-bond donors (Lipinski definition) is 1. The molecule has 24 heavy (non-hydrogen) atoms. The van der Waals surface area contributed by atoms with Gasteiger partial charge in [0.15, 0.2) is 0 Å². The second kappa shape index (κ2) is 6.93. The fraction of sp³-hybridized carbons (Fsp3) is 0.375. The Morgan fingerprint density at radius 1 is 1.38 bits per heavy atom. The van der Waals surface area contributed by atoms with E-state index in [1.54, 1.807) is 16.9 Å². The molecule has 8 heteroatoms. The van der Waals surface area contributed by atoms with Gasteiger partial charge in [0.1, 0.15) is 0 Å². The number of nitriles is 1. The minimum Gasteiger partial charge on any atom is -0.383 e. The van der Waals surface area contributed by atoms with Crippen molar-refractivity contribution >= 4 is 5.69 Å². The molecule has 0 aliphatic carbocycles. The molecule has 1 aromatic heterocycles. The Balaban J connectivity index is 2.17. The van der Waals surface area contributed by atoms with Gasteiger partial charge < -0.3 is 10.2 Å². The molecule has 2 aromatic rings. The Morgan fingerprint density at radius 2 is 2.08 bits per heavy atom. The Labute approximate surface area is 138 Å². The van der Waals surface area contributed by atoms with Gasteiger partial charge in [-0.15, -0.1) is 0 Å². The van der Waals surface area contributed by atoms with Gasteiger partial charge in [-0.25, -0.2) is 0 Å². The van der Waals surface area contributed by atoms with Crippen LogP contribution in [0.25, 0.3) is 0 Å². The van der Waals surface area contributed by atoms with Gasteiger partial charge >= 0.3 is 6.18 Å². The van der Waals surface area contributed by atoms with Crippen LogP contribution in [0.1, 0.15) is 22.7 Å². The summed E-state index contributed by atoms with van der Waals surface area (Å²) in [7, 11) is 5.64. The predicted octanol–water partition coefficient (Wildman–Crippen LogP) is 3.03. The van der Waals surface area contributed by atoms with Gasteiger partial charge in [-0.3, -0.25) is 4.68 Å². The molecule has 128 valence electrons. The molecule has 1 unspecified atom stereocenters. The van der Waals surface area contributed by atoms with Crippen LogP contribution in [0.5, 0.6) is 0 Å². The highest BCUT2D eigenvalue weighted by molar-refractivity contribution is 5.53. The van der Waals surface area contributed by atoms with Crippen LogP contribution < -0.4 is 5.32 Å². The lowest BCUT2D eigenvalue weighted by molar-refractivity contribution is -0.137. The second-order valence-corrected chi connectivity index (χ2v) is 5.68. The van der Waals surface area contributed by atoms with Crippen molar-refractivity contribution in [3.63, 3.8) is 0 Å². The van der Waals surface area contributed by atoms with Gasteiger partial charge in [-0.05, 0) is 32.3 Å². The van der Waals surface area contributed by atoms with Gasteiger partial charge in [0, 0.05) is 31.0 Å². The van der Waals surface area contributed by atoms with E-state index in [4.69, 9.17) is 5.26 Å². The molecule has 0 saturated heterocycles. The fourth-order valence-electron chi connectivity index (χ4n) is 2.42. The zero-order valence-electron chi connectivity index (χ0n) is 13.6. The first-order valence-electron chi connectivity index (χ1n) is 7.22. The Bertz CT molecular complexity index is 743. The molecule has 1 aromatic carbocycles. The molecule has 0 amide bonds. The zero-order valence-corrected chi connectivity index (χ0v) is 13.6. The average molecular weight is 337 g/mol. The molecule has 1 N–H and O–H groups in total. The smallest absolute Gasteiger partial charge is 0.383 e. The quantitative estimate of drug-likeness (QED) is 0.911. The SMILES string of the molecule is CN(C)C(CNc1ccc(C(F)(F)F)c(C#N)c1)c1cnn(C)c1. The molecule has 1 heterocycles. The number of aromatic nitrogens is 2. The number of benzene rings is 1. The minimum absolute atomic E-state index is 0.00784. The highest BCUT2D eigenvalue weighted by atomic mass is 19.4.